The van der Waals surface area contributed by atoms with E-state index in [2.05, 4.69) is 10.6 Å². The van der Waals surface area contributed by atoms with Gasteiger partial charge >= 0.3 is 5.97 Å². The Labute approximate surface area is 122 Å². The lowest BCUT2D eigenvalue weighted by molar-refractivity contribution is -0.128. The first-order valence-electron chi connectivity index (χ1n) is 6.93. The Bertz CT molecular complexity index is 546. The topological polar surface area (TPSA) is 95.5 Å². The quantitative estimate of drug-likeness (QED) is 0.738. The van der Waals surface area contributed by atoms with Crippen molar-refractivity contribution in [2.45, 2.75) is 19.3 Å². The third-order valence-electron chi connectivity index (χ3n) is 3.52. The predicted molar refractivity (Wildman–Crippen MR) is 75.8 cm³/mol. The van der Waals surface area contributed by atoms with Crippen molar-refractivity contribution in [2.75, 3.05) is 13.1 Å². The number of aromatic carboxylic acids is 1. The molecule has 6 nitrogen and oxygen atoms in total. The molecule has 0 aromatic heterocycles. The summed E-state index contributed by atoms with van der Waals surface area (Å²) in [5.74, 6) is -1.21. The van der Waals surface area contributed by atoms with Gasteiger partial charge in [-0.05, 0) is 30.5 Å². The first-order valence-corrected chi connectivity index (χ1v) is 6.93. The van der Waals surface area contributed by atoms with Gasteiger partial charge in [0.2, 0.25) is 11.8 Å². The monoisotopic (exact) mass is 290 g/mol. The molecule has 0 aliphatic carbocycles. The summed E-state index contributed by atoms with van der Waals surface area (Å²) in [5, 5.41) is 14.4. The Morgan fingerprint density at radius 3 is 2.86 bits per heavy atom. The molecule has 0 spiro atoms. The number of carboxylic acid groups (broad SMARTS) is 1. The average molecular weight is 290 g/mol. The number of carbonyl (C=O) groups is 3. The molecule has 0 saturated carbocycles. The number of amides is 2. The largest absolute Gasteiger partial charge is 0.478 e. The van der Waals surface area contributed by atoms with Gasteiger partial charge in [0.05, 0.1) is 11.5 Å². The van der Waals surface area contributed by atoms with E-state index in [1.165, 1.54) is 6.07 Å². The fourth-order valence-corrected chi connectivity index (χ4v) is 2.29. The second kappa shape index (κ2) is 6.88. The standard InChI is InChI=1S/C15H18N2O4/c18-13-5-4-12(9-17-13)14(19)16-7-6-10-2-1-3-11(8-10)15(20)21/h1-3,8,12H,4-7,9H2,(H,16,19)(H,17,18)(H,20,21). The van der Waals surface area contributed by atoms with Crippen LogP contribution < -0.4 is 10.6 Å². The van der Waals surface area contributed by atoms with E-state index in [1.54, 1.807) is 12.1 Å². The van der Waals surface area contributed by atoms with E-state index in [1.807, 2.05) is 6.07 Å². The van der Waals surface area contributed by atoms with Crippen LogP contribution in [0.4, 0.5) is 0 Å². The Balaban J connectivity index is 1.78. The molecule has 0 radical (unpaired) electrons. The summed E-state index contributed by atoms with van der Waals surface area (Å²) in [6, 6.07) is 6.67. The number of carbonyl (C=O) groups excluding carboxylic acids is 2. The summed E-state index contributed by atoms with van der Waals surface area (Å²) in [6.45, 7) is 0.839. The van der Waals surface area contributed by atoms with E-state index in [0.29, 0.717) is 32.4 Å². The molecule has 2 amide bonds. The van der Waals surface area contributed by atoms with Gasteiger partial charge in [-0.15, -0.1) is 0 Å². The SMILES string of the molecule is O=C1CCC(C(=O)NCCc2cccc(C(=O)O)c2)CN1. The van der Waals surface area contributed by atoms with Crippen LogP contribution in [0.3, 0.4) is 0 Å². The van der Waals surface area contributed by atoms with Crippen molar-refractivity contribution >= 4 is 17.8 Å². The second-order valence-corrected chi connectivity index (χ2v) is 5.09. The number of benzene rings is 1. The van der Waals surface area contributed by atoms with Crippen LogP contribution in [0, 0.1) is 5.92 Å². The van der Waals surface area contributed by atoms with E-state index in [0.717, 1.165) is 5.56 Å². The van der Waals surface area contributed by atoms with Crippen LogP contribution in [0.2, 0.25) is 0 Å². The van der Waals surface area contributed by atoms with Crippen molar-refractivity contribution in [1.82, 2.24) is 10.6 Å². The highest BCUT2D eigenvalue weighted by Gasteiger charge is 2.23. The summed E-state index contributed by atoms with van der Waals surface area (Å²) in [7, 11) is 0. The predicted octanol–water partition coefficient (Wildman–Crippen LogP) is 0.570. The van der Waals surface area contributed by atoms with Crippen molar-refractivity contribution in [3.05, 3.63) is 35.4 Å². The van der Waals surface area contributed by atoms with Crippen LogP contribution in [-0.2, 0) is 16.0 Å². The van der Waals surface area contributed by atoms with Crippen LogP contribution in [0.5, 0.6) is 0 Å². The zero-order valence-corrected chi connectivity index (χ0v) is 11.6. The maximum Gasteiger partial charge on any atom is 0.335 e. The highest BCUT2D eigenvalue weighted by atomic mass is 16.4. The van der Waals surface area contributed by atoms with Gasteiger partial charge in [-0.1, -0.05) is 12.1 Å². The lowest BCUT2D eigenvalue weighted by Crippen LogP contribution is -2.43. The minimum atomic E-state index is -0.959. The summed E-state index contributed by atoms with van der Waals surface area (Å²) in [5.41, 5.74) is 1.11. The zero-order chi connectivity index (χ0) is 15.2. The average Bonchev–Trinajstić information content (AvgIpc) is 2.48. The second-order valence-electron chi connectivity index (χ2n) is 5.09. The molecule has 6 heteroatoms. The van der Waals surface area contributed by atoms with Crippen LogP contribution in [0.1, 0.15) is 28.8 Å². The molecule has 1 aromatic carbocycles. The lowest BCUT2D eigenvalue weighted by Gasteiger charge is -2.21. The molecular weight excluding hydrogens is 272 g/mol. The van der Waals surface area contributed by atoms with Gasteiger partial charge < -0.3 is 15.7 Å². The van der Waals surface area contributed by atoms with E-state index in [9.17, 15) is 14.4 Å². The minimum absolute atomic E-state index is 0.00969. The third-order valence-corrected chi connectivity index (χ3v) is 3.52. The molecule has 112 valence electrons. The van der Waals surface area contributed by atoms with Crippen LogP contribution in [0.15, 0.2) is 24.3 Å². The van der Waals surface area contributed by atoms with Crippen molar-refractivity contribution in [2.24, 2.45) is 5.92 Å². The van der Waals surface area contributed by atoms with Gasteiger partial charge in [0.15, 0.2) is 0 Å². The van der Waals surface area contributed by atoms with Gasteiger partial charge in [0.25, 0.3) is 0 Å². The van der Waals surface area contributed by atoms with Gasteiger partial charge in [0.1, 0.15) is 0 Å². The summed E-state index contributed by atoms with van der Waals surface area (Å²) in [6.07, 6.45) is 1.54. The molecule has 1 heterocycles. The Kier molecular flexibility index (Phi) is 4.92. The maximum absolute atomic E-state index is 11.9. The van der Waals surface area contributed by atoms with Crippen molar-refractivity contribution in [1.29, 1.82) is 0 Å². The smallest absolute Gasteiger partial charge is 0.335 e. The van der Waals surface area contributed by atoms with Crippen molar-refractivity contribution in [3.8, 4) is 0 Å². The number of rotatable bonds is 5. The highest BCUT2D eigenvalue weighted by Crippen LogP contribution is 2.11. The van der Waals surface area contributed by atoms with Crippen molar-refractivity contribution in [3.63, 3.8) is 0 Å². The number of carboxylic acids is 1. The molecule has 1 atom stereocenters. The summed E-state index contributed by atoms with van der Waals surface area (Å²) in [4.78, 5) is 33.8. The first-order chi connectivity index (χ1) is 10.1. The lowest BCUT2D eigenvalue weighted by atomic mass is 9.98. The van der Waals surface area contributed by atoms with E-state index in [4.69, 9.17) is 5.11 Å². The minimum Gasteiger partial charge on any atom is -0.478 e. The third kappa shape index (κ3) is 4.30. The molecular formula is C15H18N2O4. The summed E-state index contributed by atoms with van der Waals surface area (Å²) >= 11 is 0. The Morgan fingerprint density at radius 1 is 1.38 bits per heavy atom. The van der Waals surface area contributed by atoms with Gasteiger partial charge in [0, 0.05) is 19.5 Å². The normalized spacial score (nSPS) is 17.9. The molecule has 3 N–H and O–H groups in total. The van der Waals surface area contributed by atoms with Crippen LogP contribution >= 0.6 is 0 Å². The van der Waals surface area contributed by atoms with E-state index in [-0.39, 0.29) is 23.3 Å². The molecule has 1 saturated heterocycles. The highest BCUT2D eigenvalue weighted by molar-refractivity contribution is 5.87. The molecule has 21 heavy (non-hydrogen) atoms. The molecule has 1 aliphatic rings. The Hall–Kier alpha value is -2.37. The van der Waals surface area contributed by atoms with Gasteiger partial charge in [-0.2, -0.15) is 0 Å². The fourth-order valence-electron chi connectivity index (χ4n) is 2.29. The van der Waals surface area contributed by atoms with E-state index >= 15 is 0 Å². The van der Waals surface area contributed by atoms with Gasteiger partial charge in [-0.25, -0.2) is 4.79 Å². The molecule has 1 unspecified atom stereocenters. The number of hydrogen-bond donors (Lipinski definition) is 3. The van der Waals surface area contributed by atoms with E-state index < -0.39 is 5.97 Å². The van der Waals surface area contributed by atoms with Crippen LogP contribution in [0.25, 0.3) is 0 Å². The maximum atomic E-state index is 11.9. The number of nitrogens with one attached hydrogen (secondary N) is 2. The fraction of sp³-hybridized carbons (Fsp3) is 0.400. The van der Waals surface area contributed by atoms with Crippen molar-refractivity contribution < 1.29 is 19.5 Å². The van der Waals surface area contributed by atoms with Crippen LogP contribution in [-0.4, -0.2) is 36.0 Å². The molecule has 1 aliphatic heterocycles. The molecule has 0 bridgehead atoms. The molecule has 2 rings (SSSR count). The molecule has 1 fully saturated rings. The summed E-state index contributed by atoms with van der Waals surface area (Å²) < 4.78 is 0. The zero-order valence-electron chi connectivity index (χ0n) is 11.6. The van der Waals surface area contributed by atoms with Gasteiger partial charge in [-0.3, -0.25) is 9.59 Å². The first kappa shape index (κ1) is 15.0. The number of hydrogen-bond acceptors (Lipinski definition) is 3. The number of piperidine rings is 1. The Morgan fingerprint density at radius 2 is 2.19 bits per heavy atom. The molecule has 1 aromatic rings.